The fourth-order valence-corrected chi connectivity index (χ4v) is 3.22. The number of aromatic nitrogens is 1. The summed E-state index contributed by atoms with van der Waals surface area (Å²) < 4.78 is 7.78. The third kappa shape index (κ3) is 3.38. The van der Waals surface area contributed by atoms with Gasteiger partial charge in [-0.1, -0.05) is 35.1 Å². The van der Waals surface area contributed by atoms with Crippen molar-refractivity contribution in [2.75, 3.05) is 11.9 Å². The molecular formula is C16H13ClN2O3S. The lowest BCUT2D eigenvalue weighted by atomic mass is 10.3. The molecule has 3 aromatic rings. The minimum atomic E-state index is -0.299. The Balaban J connectivity index is 1.68. The summed E-state index contributed by atoms with van der Waals surface area (Å²) >= 11 is 7.10. The summed E-state index contributed by atoms with van der Waals surface area (Å²) in [7, 11) is 1.72. The lowest BCUT2D eigenvalue weighted by Gasteiger charge is -2.08. The number of hydrogen-bond acceptors (Lipinski definition) is 4. The molecule has 0 unspecified atom stereocenters. The highest BCUT2D eigenvalue weighted by atomic mass is 35.5. The van der Waals surface area contributed by atoms with Crippen molar-refractivity contribution in [1.82, 2.24) is 4.57 Å². The third-order valence-corrected chi connectivity index (χ3v) is 4.58. The first-order valence-corrected chi connectivity index (χ1v) is 8.01. The van der Waals surface area contributed by atoms with Gasteiger partial charge < -0.3 is 14.6 Å². The number of carbonyl (C=O) groups is 1. The molecule has 0 spiro atoms. The Kier molecular flexibility index (Phi) is 4.36. The van der Waals surface area contributed by atoms with Crippen LogP contribution in [0.4, 0.5) is 5.69 Å². The van der Waals surface area contributed by atoms with E-state index < -0.39 is 0 Å². The van der Waals surface area contributed by atoms with Gasteiger partial charge in [-0.05, 0) is 30.3 Å². The smallest absolute Gasteiger partial charge is 0.307 e. The van der Waals surface area contributed by atoms with Gasteiger partial charge in [-0.15, -0.1) is 0 Å². The summed E-state index contributed by atoms with van der Waals surface area (Å²) in [5.74, 6) is 0.161. The Morgan fingerprint density at radius 1 is 1.30 bits per heavy atom. The van der Waals surface area contributed by atoms with Crippen LogP contribution in [0, 0.1) is 0 Å². The van der Waals surface area contributed by atoms with Crippen molar-refractivity contribution in [3.05, 3.63) is 57.2 Å². The van der Waals surface area contributed by atoms with Gasteiger partial charge >= 0.3 is 4.87 Å². The molecule has 1 N–H and O–H groups in total. The zero-order valence-corrected chi connectivity index (χ0v) is 13.8. The first-order valence-electron chi connectivity index (χ1n) is 6.81. The SMILES string of the molecule is Cn1c(=O)sc2cc(NC(=O)COc3ccccc3Cl)ccc21. The largest absolute Gasteiger partial charge is 0.482 e. The van der Waals surface area contributed by atoms with E-state index in [1.165, 1.54) is 0 Å². The second-order valence-electron chi connectivity index (χ2n) is 4.88. The first kappa shape index (κ1) is 15.6. The van der Waals surface area contributed by atoms with Crippen molar-refractivity contribution in [1.29, 1.82) is 0 Å². The summed E-state index contributed by atoms with van der Waals surface area (Å²) in [4.78, 5) is 23.6. The second-order valence-corrected chi connectivity index (χ2v) is 6.28. The number of carbonyl (C=O) groups excluding carboxylic acids is 1. The number of hydrogen-bond donors (Lipinski definition) is 1. The number of nitrogens with zero attached hydrogens (tertiary/aromatic N) is 1. The Morgan fingerprint density at radius 3 is 2.87 bits per heavy atom. The number of rotatable bonds is 4. The average Bonchev–Trinajstić information content (AvgIpc) is 2.81. The van der Waals surface area contributed by atoms with Gasteiger partial charge in [-0.25, -0.2) is 0 Å². The Bertz CT molecular complexity index is 932. The first-order chi connectivity index (χ1) is 11.0. The molecule has 0 aliphatic carbocycles. The molecule has 0 aliphatic heterocycles. The minimum absolute atomic E-state index is 0.0365. The maximum absolute atomic E-state index is 12.0. The number of nitrogens with one attached hydrogen (secondary N) is 1. The summed E-state index contributed by atoms with van der Waals surface area (Å²) in [5.41, 5.74) is 1.46. The molecule has 118 valence electrons. The van der Waals surface area contributed by atoms with Gasteiger partial charge in [0.25, 0.3) is 5.91 Å². The maximum Gasteiger partial charge on any atom is 0.307 e. The maximum atomic E-state index is 12.0. The topological polar surface area (TPSA) is 60.3 Å². The zero-order valence-electron chi connectivity index (χ0n) is 12.2. The zero-order chi connectivity index (χ0) is 16.4. The number of halogens is 1. The van der Waals surface area contributed by atoms with E-state index in [-0.39, 0.29) is 17.4 Å². The van der Waals surface area contributed by atoms with Gasteiger partial charge in [0.05, 0.1) is 15.2 Å². The van der Waals surface area contributed by atoms with Crippen LogP contribution in [0.2, 0.25) is 5.02 Å². The number of amides is 1. The van der Waals surface area contributed by atoms with E-state index in [1.807, 2.05) is 0 Å². The Hall–Kier alpha value is -2.31. The van der Waals surface area contributed by atoms with Crippen molar-refractivity contribution in [2.45, 2.75) is 0 Å². The van der Waals surface area contributed by atoms with Gasteiger partial charge in [0, 0.05) is 12.7 Å². The number of benzene rings is 2. The third-order valence-electron chi connectivity index (χ3n) is 3.27. The predicted molar refractivity (Wildman–Crippen MR) is 92.6 cm³/mol. The molecule has 1 heterocycles. The molecule has 0 aliphatic rings. The second kappa shape index (κ2) is 6.44. The molecule has 0 atom stereocenters. The van der Waals surface area contributed by atoms with Gasteiger partial charge in [0.2, 0.25) is 0 Å². The predicted octanol–water partition coefficient (Wildman–Crippen LogP) is 3.27. The number of thiazole rings is 1. The molecule has 5 nitrogen and oxygen atoms in total. The van der Waals surface area contributed by atoms with Gasteiger partial charge in [-0.2, -0.15) is 0 Å². The normalized spacial score (nSPS) is 10.7. The quantitative estimate of drug-likeness (QED) is 0.787. The molecule has 3 rings (SSSR count). The van der Waals surface area contributed by atoms with Crippen molar-refractivity contribution in [2.24, 2.45) is 7.05 Å². The molecule has 0 radical (unpaired) electrons. The highest BCUT2D eigenvalue weighted by Crippen LogP contribution is 2.23. The van der Waals surface area contributed by atoms with E-state index in [4.69, 9.17) is 16.3 Å². The highest BCUT2D eigenvalue weighted by molar-refractivity contribution is 7.16. The Labute approximate surface area is 141 Å². The van der Waals surface area contributed by atoms with Gasteiger partial charge in [0.15, 0.2) is 6.61 Å². The summed E-state index contributed by atoms with van der Waals surface area (Å²) in [6, 6.07) is 12.3. The van der Waals surface area contributed by atoms with Crippen LogP contribution in [0.5, 0.6) is 5.75 Å². The van der Waals surface area contributed by atoms with E-state index >= 15 is 0 Å². The van der Waals surface area contributed by atoms with Crippen LogP contribution < -0.4 is 14.9 Å². The van der Waals surface area contributed by atoms with Crippen LogP contribution in [0.3, 0.4) is 0 Å². The van der Waals surface area contributed by atoms with E-state index in [9.17, 15) is 9.59 Å². The van der Waals surface area contributed by atoms with Crippen molar-refractivity contribution < 1.29 is 9.53 Å². The molecule has 0 bridgehead atoms. The van der Waals surface area contributed by atoms with Gasteiger partial charge in [0.1, 0.15) is 5.75 Å². The lowest BCUT2D eigenvalue weighted by Crippen LogP contribution is -2.20. The monoisotopic (exact) mass is 348 g/mol. The minimum Gasteiger partial charge on any atom is -0.482 e. The molecule has 1 amide bonds. The lowest BCUT2D eigenvalue weighted by molar-refractivity contribution is -0.118. The van der Waals surface area contributed by atoms with Crippen molar-refractivity contribution >= 4 is 44.7 Å². The van der Waals surface area contributed by atoms with Crippen LogP contribution in [0.25, 0.3) is 10.2 Å². The van der Waals surface area contributed by atoms with E-state index in [0.717, 1.165) is 21.6 Å². The van der Waals surface area contributed by atoms with E-state index in [0.29, 0.717) is 16.5 Å². The molecule has 2 aromatic carbocycles. The van der Waals surface area contributed by atoms with Crippen LogP contribution in [0.15, 0.2) is 47.3 Å². The fourth-order valence-electron chi connectivity index (χ4n) is 2.11. The average molecular weight is 349 g/mol. The number of fused-ring (bicyclic) bond motifs is 1. The molecule has 0 fully saturated rings. The van der Waals surface area contributed by atoms with Crippen molar-refractivity contribution in [3.63, 3.8) is 0 Å². The number of anilines is 1. The molecule has 0 saturated carbocycles. The Morgan fingerprint density at radius 2 is 2.09 bits per heavy atom. The number of para-hydroxylation sites is 1. The molecule has 23 heavy (non-hydrogen) atoms. The molecule has 1 aromatic heterocycles. The number of aryl methyl sites for hydroxylation is 1. The standard InChI is InChI=1S/C16H13ClN2O3S/c1-19-12-7-6-10(8-14(12)23-16(19)21)18-15(20)9-22-13-5-3-2-4-11(13)17/h2-8H,9H2,1H3,(H,18,20). The number of ether oxygens (including phenoxy) is 1. The summed E-state index contributed by atoms with van der Waals surface area (Å²) in [6.45, 7) is -0.146. The summed E-state index contributed by atoms with van der Waals surface area (Å²) in [5, 5.41) is 3.20. The van der Waals surface area contributed by atoms with E-state index in [1.54, 1.807) is 54.1 Å². The summed E-state index contributed by atoms with van der Waals surface area (Å²) in [6.07, 6.45) is 0. The highest BCUT2D eigenvalue weighted by Gasteiger charge is 2.08. The molecular weight excluding hydrogens is 336 g/mol. The van der Waals surface area contributed by atoms with Crippen LogP contribution in [-0.2, 0) is 11.8 Å². The van der Waals surface area contributed by atoms with Crippen LogP contribution in [0.1, 0.15) is 0 Å². The van der Waals surface area contributed by atoms with Crippen LogP contribution >= 0.6 is 22.9 Å². The van der Waals surface area contributed by atoms with Crippen LogP contribution in [-0.4, -0.2) is 17.1 Å². The van der Waals surface area contributed by atoms with Crippen molar-refractivity contribution in [3.8, 4) is 5.75 Å². The molecule has 7 heteroatoms. The molecule has 0 saturated heterocycles. The fraction of sp³-hybridized carbons (Fsp3) is 0.125. The van der Waals surface area contributed by atoms with E-state index in [2.05, 4.69) is 5.32 Å². The van der Waals surface area contributed by atoms with Gasteiger partial charge in [-0.3, -0.25) is 9.59 Å².